The Balaban J connectivity index is 1.78. The van der Waals surface area contributed by atoms with E-state index in [1.807, 2.05) is 16.2 Å². The monoisotopic (exact) mass is 482 g/mol. The molecule has 0 atom stereocenters. The zero-order chi connectivity index (χ0) is 23.1. The van der Waals surface area contributed by atoms with Gasteiger partial charge < -0.3 is 9.72 Å². The first kappa shape index (κ1) is 22.3. The van der Waals surface area contributed by atoms with E-state index in [1.54, 1.807) is 24.3 Å². The highest BCUT2D eigenvalue weighted by Gasteiger charge is 2.27. The lowest BCUT2D eigenvalue weighted by Gasteiger charge is -2.14. The lowest BCUT2D eigenvalue weighted by molar-refractivity contribution is -0.132. The van der Waals surface area contributed by atoms with E-state index in [4.69, 9.17) is 4.74 Å². The zero-order valence-corrected chi connectivity index (χ0v) is 18.2. The number of alkyl halides is 3. The number of halogens is 3. The zero-order valence-electron chi connectivity index (χ0n) is 16.6. The van der Waals surface area contributed by atoms with Crippen molar-refractivity contribution in [2.75, 3.05) is 13.7 Å². The van der Waals surface area contributed by atoms with Gasteiger partial charge in [0, 0.05) is 28.4 Å². The number of benzene rings is 2. The summed E-state index contributed by atoms with van der Waals surface area (Å²) < 4.78 is 69.7. The largest absolute Gasteiger partial charge is 0.496 e. The summed E-state index contributed by atoms with van der Waals surface area (Å²) in [5.41, 5.74) is 1.69. The molecular weight excluding hydrogens is 465 g/mol. The van der Waals surface area contributed by atoms with Gasteiger partial charge in [0.1, 0.15) is 10.4 Å². The molecule has 0 aliphatic rings. The first-order chi connectivity index (χ1) is 15.1. The fourth-order valence-electron chi connectivity index (χ4n) is 3.50. The first-order valence-corrected chi connectivity index (χ1v) is 11.7. The molecule has 0 fully saturated rings. The van der Waals surface area contributed by atoms with Crippen molar-refractivity contribution in [1.29, 1.82) is 0 Å². The molecular formula is C21H17F3N2O4S2. The van der Waals surface area contributed by atoms with Gasteiger partial charge >= 0.3 is 6.18 Å². The molecule has 0 amide bonds. The van der Waals surface area contributed by atoms with Crippen molar-refractivity contribution in [3.05, 3.63) is 58.2 Å². The minimum Gasteiger partial charge on any atom is -0.496 e. The molecule has 4 aromatic rings. The third-order valence-corrected chi connectivity index (χ3v) is 7.32. The van der Waals surface area contributed by atoms with Crippen LogP contribution in [0, 0.1) is 0 Å². The summed E-state index contributed by atoms with van der Waals surface area (Å²) in [5, 5.41) is 3.30. The van der Waals surface area contributed by atoms with E-state index in [9.17, 15) is 26.4 Å². The normalized spacial score (nSPS) is 12.5. The van der Waals surface area contributed by atoms with Crippen LogP contribution in [0.15, 0.2) is 57.5 Å². The van der Waals surface area contributed by atoms with Crippen molar-refractivity contribution >= 4 is 42.3 Å². The molecule has 6 nitrogen and oxygen atoms in total. The predicted molar refractivity (Wildman–Crippen MR) is 118 cm³/mol. The molecule has 0 aliphatic heterocycles. The number of aromatic amines is 1. The highest BCUT2D eigenvalue weighted by molar-refractivity contribution is 7.89. The van der Waals surface area contributed by atoms with Crippen LogP contribution in [0.5, 0.6) is 5.75 Å². The maximum absolute atomic E-state index is 12.3. The van der Waals surface area contributed by atoms with Crippen molar-refractivity contribution in [3.8, 4) is 16.9 Å². The quantitative estimate of drug-likeness (QED) is 0.419. The molecule has 0 aliphatic carbocycles. The van der Waals surface area contributed by atoms with Crippen molar-refractivity contribution in [2.45, 2.75) is 17.5 Å². The van der Waals surface area contributed by atoms with Crippen molar-refractivity contribution in [2.24, 2.45) is 0 Å². The van der Waals surface area contributed by atoms with Crippen molar-refractivity contribution in [3.63, 3.8) is 0 Å². The van der Waals surface area contributed by atoms with Gasteiger partial charge in [-0.3, -0.25) is 4.79 Å². The molecule has 11 heteroatoms. The van der Waals surface area contributed by atoms with Crippen LogP contribution in [-0.2, 0) is 10.0 Å². The highest BCUT2D eigenvalue weighted by Crippen LogP contribution is 2.40. The highest BCUT2D eigenvalue weighted by atomic mass is 32.2. The predicted octanol–water partition coefficient (Wildman–Crippen LogP) is 4.65. The topological polar surface area (TPSA) is 88.3 Å². The second kappa shape index (κ2) is 8.23. The Bertz CT molecular complexity index is 1460. The minimum atomic E-state index is -4.45. The Morgan fingerprint density at radius 1 is 1.09 bits per heavy atom. The van der Waals surface area contributed by atoms with E-state index in [1.165, 1.54) is 30.6 Å². The summed E-state index contributed by atoms with van der Waals surface area (Å²) in [4.78, 5) is 15.0. The minimum absolute atomic E-state index is 0.156. The fourth-order valence-corrected chi connectivity index (χ4v) is 5.32. The van der Waals surface area contributed by atoms with Crippen LogP contribution >= 0.6 is 11.3 Å². The van der Waals surface area contributed by atoms with Gasteiger partial charge in [0.2, 0.25) is 10.0 Å². The van der Waals surface area contributed by atoms with Crippen LogP contribution < -0.4 is 15.0 Å². The summed E-state index contributed by atoms with van der Waals surface area (Å²) in [5.74, 6) is 0.524. The molecule has 32 heavy (non-hydrogen) atoms. The molecule has 0 saturated heterocycles. The molecule has 0 spiro atoms. The smallest absolute Gasteiger partial charge is 0.390 e. The molecule has 2 aromatic carbocycles. The Kier molecular flexibility index (Phi) is 5.74. The molecule has 0 bridgehead atoms. The van der Waals surface area contributed by atoms with E-state index < -0.39 is 29.2 Å². The molecule has 168 valence electrons. The molecule has 0 radical (unpaired) electrons. The van der Waals surface area contributed by atoms with Gasteiger partial charge in [0.05, 0.1) is 18.4 Å². The van der Waals surface area contributed by atoms with Crippen molar-refractivity contribution in [1.82, 2.24) is 9.71 Å². The molecule has 0 unspecified atom stereocenters. The standard InChI is InChI=1S/C21H17F3N2O4S2/c1-30-16-7-6-15-18(14-8-11-31-19(14)20(27)26-15)17(16)12-2-4-13(5-3-12)32(28,29)25-10-9-21(22,23)24/h2-8,11,25H,9-10H2,1H3,(H,26,27). The summed E-state index contributed by atoms with van der Waals surface area (Å²) in [6, 6.07) is 11.0. The number of ether oxygens (including phenoxy) is 1. The maximum atomic E-state index is 12.3. The van der Waals surface area contributed by atoms with Gasteiger partial charge in [0.15, 0.2) is 0 Å². The lowest BCUT2D eigenvalue weighted by Crippen LogP contribution is -2.28. The molecule has 2 N–H and O–H groups in total. The van der Waals surface area contributed by atoms with E-state index in [-0.39, 0.29) is 10.5 Å². The number of hydrogen-bond donors (Lipinski definition) is 2. The summed E-state index contributed by atoms with van der Waals surface area (Å²) in [7, 11) is -2.59. The van der Waals surface area contributed by atoms with E-state index in [0.717, 1.165) is 10.8 Å². The van der Waals surface area contributed by atoms with Crippen LogP contribution in [0.25, 0.3) is 32.1 Å². The SMILES string of the molecule is COc1ccc2[nH]c(=O)c3sccc3c2c1-c1ccc(S(=O)(=O)NCCC(F)(F)F)cc1. The fraction of sp³-hybridized carbons (Fsp3) is 0.190. The summed E-state index contributed by atoms with van der Waals surface area (Å²) >= 11 is 1.31. The van der Waals surface area contributed by atoms with Crippen LogP contribution in [-0.4, -0.2) is 33.2 Å². The average Bonchev–Trinajstić information content (AvgIpc) is 3.23. The van der Waals surface area contributed by atoms with Gasteiger partial charge in [-0.25, -0.2) is 13.1 Å². The van der Waals surface area contributed by atoms with Gasteiger partial charge in [-0.05, 0) is 41.3 Å². The number of H-pyrrole nitrogens is 1. The number of nitrogens with one attached hydrogen (secondary N) is 2. The number of hydrogen-bond acceptors (Lipinski definition) is 5. The molecule has 0 saturated carbocycles. The number of thiophene rings is 1. The third kappa shape index (κ3) is 4.23. The van der Waals surface area contributed by atoms with E-state index >= 15 is 0 Å². The van der Waals surface area contributed by atoms with Gasteiger partial charge in [-0.15, -0.1) is 11.3 Å². The summed E-state index contributed by atoms with van der Waals surface area (Å²) in [6.07, 6.45) is -5.71. The Labute approximate surface area is 184 Å². The number of sulfonamides is 1. The molecule has 2 heterocycles. The second-order valence-electron chi connectivity index (χ2n) is 6.97. The molecule has 2 aromatic heterocycles. The Hall–Kier alpha value is -2.89. The number of methoxy groups -OCH3 is 1. The van der Waals surface area contributed by atoms with Crippen LogP contribution in [0.4, 0.5) is 13.2 Å². The van der Waals surface area contributed by atoms with Crippen LogP contribution in [0.2, 0.25) is 0 Å². The number of rotatable bonds is 6. The first-order valence-electron chi connectivity index (χ1n) is 9.38. The molecule has 4 rings (SSSR count). The van der Waals surface area contributed by atoms with Gasteiger partial charge in [0.25, 0.3) is 5.56 Å². The maximum Gasteiger partial charge on any atom is 0.390 e. The average molecular weight is 483 g/mol. The number of fused-ring (bicyclic) bond motifs is 3. The van der Waals surface area contributed by atoms with Gasteiger partial charge in [-0.1, -0.05) is 12.1 Å². The number of aromatic nitrogens is 1. The second-order valence-corrected chi connectivity index (χ2v) is 9.65. The summed E-state index contributed by atoms with van der Waals surface area (Å²) in [6.45, 7) is -0.742. The van der Waals surface area contributed by atoms with E-state index in [0.29, 0.717) is 27.1 Å². The number of pyridine rings is 1. The Morgan fingerprint density at radius 2 is 1.81 bits per heavy atom. The van der Waals surface area contributed by atoms with Crippen LogP contribution in [0.3, 0.4) is 0 Å². The van der Waals surface area contributed by atoms with Crippen molar-refractivity contribution < 1.29 is 26.3 Å². The van der Waals surface area contributed by atoms with Gasteiger partial charge in [-0.2, -0.15) is 13.2 Å². The Morgan fingerprint density at radius 3 is 2.47 bits per heavy atom. The lowest BCUT2D eigenvalue weighted by atomic mass is 9.97. The van der Waals surface area contributed by atoms with Crippen LogP contribution in [0.1, 0.15) is 6.42 Å². The van der Waals surface area contributed by atoms with E-state index in [2.05, 4.69) is 4.98 Å². The third-order valence-electron chi connectivity index (χ3n) is 4.93.